The molecule has 13 heteroatoms. The molecule has 0 saturated carbocycles. The number of benzene rings is 4. The van der Waals surface area contributed by atoms with Crippen molar-refractivity contribution in [1.82, 2.24) is 26.8 Å². The molecule has 5 amide bonds. The number of hydrogen-bond donors (Lipinski definition) is 6. The molecule has 272 valence electrons. The van der Waals surface area contributed by atoms with Crippen LogP contribution < -0.4 is 31.5 Å². The Morgan fingerprint density at radius 2 is 1.06 bits per heavy atom. The van der Waals surface area contributed by atoms with E-state index in [0.717, 1.165) is 16.7 Å². The Bertz CT molecular complexity index is 1760. The minimum Gasteiger partial charge on any atom is -0.489 e. The fourth-order valence-electron chi connectivity index (χ4n) is 5.03. The molecule has 0 aliphatic heterocycles. The molecule has 0 radical (unpaired) electrons. The Morgan fingerprint density at radius 1 is 0.577 bits per heavy atom. The van der Waals surface area contributed by atoms with E-state index in [1.54, 1.807) is 60.7 Å². The highest BCUT2D eigenvalue weighted by Crippen LogP contribution is 2.16. The highest BCUT2D eigenvalue weighted by atomic mass is 16.5. The van der Waals surface area contributed by atoms with Crippen LogP contribution in [0.2, 0.25) is 0 Å². The first-order valence-electron chi connectivity index (χ1n) is 16.7. The van der Waals surface area contributed by atoms with Crippen molar-refractivity contribution >= 4 is 29.7 Å². The molecule has 0 bridgehead atoms. The highest BCUT2D eigenvalue weighted by molar-refractivity contribution is 5.94. The van der Waals surface area contributed by atoms with Crippen LogP contribution in [-0.2, 0) is 50.0 Å². The molecule has 0 fully saturated rings. The molecule has 4 aromatic rings. The lowest BCUT2D eigenvalue weighted by Gasteiger charge is -2.26. The van der Waals surface area contributed by atoms with Crippen LogP contribution in [0.4, 0.5) is 4.79 Å². The molecule has 0 spiro atoms. The molecule has 0 heterocycles. The second-order valence-corrected chi connectivity index (χ2v) is 12.0. The molecular weight excluding hydrogens is 666 g/mol. The molecule has 4 rings (SSSR count). The Labute approximate surface area is 302 Å². The fourth-order valence-corrected chi connectivity index (χ4v) is 5.03. The predicted octanol–water partition coefficient (Wildman–Crippen LogP) is 2.86. The topological polar surface area (TPSA) is 184 Å². The standard InChI is InChI=1S/C39H43N5O8/c1-26(45)35(38(49)44-43-27(2)46)42-37(48)33(23-29-18-20-32(21-19-29)51-24-30-14-8-4-9-15-30)40-36(47)34(22-28-12-6-3-7-13-28)41-39(50)52-25-31-16-10-5-11-17-31/h3-21,26,33-35,45H,22-25H2,1-2H3,(H,40,47)(H,41,50)(H,42,48)(H,43,46)(H,44,49). The molecule has 4 unspecified atom stereocenters. The summed E-state index contributed by atoms with van der Waals surface area (Å²) in [4.78, 5) is 64.7. The normalized spacial score (nSPS) is 12.9. The summed E-state index contributed by atoms with van der Waals surface area (Å²) < 4.78 is 11.3. The van der Waals surface area contributed by atoms with Gasteiger partial charge in [0.2, 0.25) is 17.7 Å². The van der Waals surface area contributed by atoms with Crippen molar-refractivity contribution in [2.45, 2.75) is 64.1 Å². The zero-order valence-electron chi connectivity index (χ0n) is 28.9. The van der Waals surface area contributed by atoms with Gasteiger partial charge in [0.15, 0.2) is 0 Å². The van der Waals surface area contributed by atoms with Crippen LogP contribution in [-0.4, -0.2) is 59.1 Å². The SMILES string of the molecule is CC(=O)NNC(=O)C(NC(=O)C(Cc1ccc(OCc2ccccc2)cc1)NC(=O)C(Cc1ccccc1)NC(=O)OCc1ccccc1)C(C)O. The molecule has 4 aromatic carbocycles. The summed E-state index contributed by atoms with van der Waals surface area (Å²) in [5.41, 5.74) is 7.39. The third-order valence-corrected chi connectivity index (χ3v) is 7.77. The Hall–Kier alpha value is -6.21. The maximum atomic E-state index is 13.9. The lowest BCUT2D eigenvalue weighted by Crippen LogP contribution is -2.61. The Kier molecular flexibility index (Phi) is 14.7. The van der Waals surface area contributed by atoms with E-state index in [9.17, 15) is 29.1 Å². The number of nitrogens with one attached hydrogen (secondary N) is 5. The summed E-state index contributed by atoms with van der Waals surface area (Å²) in [6.07, 6.45) is -2.17. The van der Waals surface area contributed by atoms with Crippen LogP contribution in [0.5, 0.6) is 5.75 Å². The average molecular weight is 710 g/mol. The predicted molar refractivity (Wildman–Crippen MR) is 192 cm³/mol. The second kappa shape index (κ2) is 19.8. The van der Waals surface area contributed by atoms with Crippen LogP contribution in [0, 0.1) is 0 Å². The summed E-state index contributed by atoms with van der Waals surface area (Å²) in [6, 6.07) is 30.7. The van der Waals surface area contributed by atoms with Gasteiger partial charge in [0, 0.05) is 19.8 Å². The third-order valence-electron chi connectivity index (χ3n) is 7.77. The average Bonchev–Trinajstić information content (AvgIpc) is 3.15. The summed E-state index contributed by atoms with van der Waals surface area (Å²) in [5, 5.41) is 18.2. The number of amides is 5. The van der Waals surface area contributed by atoms with E-state index in [4.69, 9.17) is 9.47 Å². The number of alkyl carbamates (subject to hydrolysis) is 1. The molecule has 4 atom stereocenters. The Balaban J connectivity index is 1.53. The number of aliphatic hydroxyl groups excluding tert-OH is 1. The van der Waals surface area contributed by atoms with Crippen LogP contribution in [0.25, 0.3) is 0 Å². The first kappa shape index (κ1) is 38.6. The van der Waals surface area contributed by atoms with Gasteiger partial charge in [-0.1, -0.05) is 103 Å². The first-order chi connectivity index (χ1) is 25.1. The van der Waals surface area contributed by atoms with Gasteiger partial charge in [-0.3, -0.25) is 30.0 Å². The lowest BCUT2D eigenvalue weighted by atomic mass is 10.0. The maximum Gasteiger partial charge on any atom is 0.408 e. The molecule has 6 N–H and O–H groups in total. The fraction of sp³-hybridized carbons (Fsp3) is 0.256. The van der Waals surface area contributed by atoms with Gasteiger partial charge < -0.3 is 30.5 Å². The van der Waals surface area contributed by atoms with E-state index in [2.05, 4.69) is 26.8 Å². The number of rotatable bonds is 16. The van der Waals surface area contributed by atoms with Gasteiger partial charge >= 0.3 is 6.09 Å². The van der Waals surface area contributed by atoms with Crippen molar-refractivity contribution < 1.29 is 38.6 Å². The quantitative estimate of drug-likeness (QED) is 0.0960. The van der Waals surface area contributed by atoms with Gasteiger partial charge in [0.25, 0.3) is 5.91 Å². The van der Waals surface area contributed by atoms with Crippen LogP contribution in [0.3, 0.4) is 0 Å². The summed E-state index contributed by atoms with van der Waals surface area (Å²) in [7, 11) is 0. The number of carbonyl (C=O) groups excluding carboxylic acids is 5. The van der Waals surface area contributed by atoms with Crippen molar-refractivity contribution in [1.29, 1.82) is 0 Å². The zero-order valence-corrected chi connectivity index (χ0v) is 28.9. The lowest BCUT2D eigenvalue weighted by molar-refractivity contribution is -0.135. The monoisotopic (exact) mass is 709 g/mol. The van der Waals surface area contributed by atoms with Gasteiger partial charge in [-0.25, -0.2) is 4.79 Å². The van der Waals surface area contributed by atoms with Crippen molar-refractivity contribution in [3.8, 4) is 5.75 Å². The van der Waals surface area contributed by atoms with E-state index >= 15 is 0 Å². The van der Waals surface area contributed by atoms with Crippen molar-refractivity contribution in [3.63, 3.8) is 0 Å². The van der Waals surface area contributed by atoms with Crippen LogP contribution in [0.1, 0.15) is 36.1 Å². The third kappa shape index (κ3) is 12.9. The molecule has 0 aliphatic carbocycles. The summed E-state index contributed by atoms with van der Waals surface area (Å²) in [6.45, 7) is 2.80. The zero-order chi connectivity index (χ0) is 37.3. The number of aliphatic hydroxyl groups is 1. The molecular formula is C39H43N5O8. The van der Waals surface area contributed by atoms with Crippen molar-refractivity contribution in [3.05, 3.63) is 138 Å². The minimum absolute atomic E-state index is 0.0241. The Morgan fingerprint density at radius 3 is 1.60 bits per heavy atom. The van der Waals surface area contributed by atoms with E-state index in [-0.39, 0.29) is 19.4 Å². The number of hydrazine groups is 1. The number of hydrogen-bond acceptors (Lipinski definition) is 8. The maximum absolute atomic E-state index is 13.9. The summed E-state index contributed by atoms with van der Waals surface area (Å²) >= 11 is 0. The van der Waals surface area contributed by atoms with Crippen LogP contribution in [0.15, 0.2) is 115 Å². The van der Waals surface area contributed by atoms with E-state index in [1.165, 1.54) is 13.8 Å². The van der Waals surface area contributed by atoms with Crippen molar-refractivity contribution in [2.75, 3.05) is 0 Å². The van der Waals surface area contributed by atoms with Gasteiger partial charge in [0.1, 0.15) is 37.1 Å². The molecule has 13 nitrogen and oxygen atoms in total. The van der Waals surface area contributed by atoms with Gasteiger partial charge in [-0.2, -0.15) is 0 Å². The molecule has 0 aromatic heterocycles. The number of ether oxygens (including phenoxy) is 2. The van der Waals surface area contributed by atoms with E-state index in [1.807, 2.05) is 54.6 Å². The minimum atomic E-state index is -1.49. The number of carbonyl (C=O) groups is 5. The van der Waals surface area contributed by atoms with Crippen LogP contribution >= 0.6 is 0 Å². The van der Waals surface area contributed by atoms with Crippen molar-refractivity contribution in [2.24, 2.45) is 0 Å². The molecule has 0 aliphatic rings. The highest BCUT2D eigenvalue weighted by Gasteiger charge is 2.32. The summed E-state index contributed by atoms with van der Waals surface area (Å²) in [5.74, 6) is -2.35. The van der Waals surface area contributed by atoms with E-state index in [0.29, 0.717) is 17.9 Å². The smallest absolute Gasteiger partial charge is 0.408 e. The van der Waals surface area contributed by atoms with E-state index < -0.39 is 54.0 Å². The largest absolute Gasteiger partial charge is 0.489 e. The second-order valence-electron chi connectivity index (χ2n) is 12.0. The molecule has 52 heavy (non-hydrogen) atoms. The first-order valence-corrected chi connectivity index (χ1v) is 16.7. The van der Waals surface area contributed by atoms with Gasteiger partial charge in [-0.15, -0.1) is 0 Å². The van der Waals surface area contributed by atoms with Gasteiger partial charge in [-0.05, 0) is 41.3 Å². The van der Waals surface area contributed by atoms with Gasteiger partial charge in [0.05, 0.1) is 6.10 Å². The molecule has 0 saturated heterocycles.